The minimum absolute atomic E-state index is 0.436. The smallest absolute Gasteiger partial charge is 0.220 e. The molecule has 4 aliphatic rings. The quantitative estimate of drug-likeness (QED) is 0.683. The van der Waals surface area contributed by atoms with Crippen LogP contribution in [0.15, 0.2) is 0 Å². The van der Waals surface area contributed by atoms with E-state index in [1.807, 2.05) is 0 Å². The fourth-order valence-electron chi connectivity index (χ4n) is 5.03. The Morgan fingerprint density at radius 2 is 1.93 bits per heavy atom. The predicted molar refractivity (Wildman–Crippen MR) is 60.3 cm³/mol. The molecule has 82 valence electrons. The Kier molecular flexibility index (Phi) is 2.07. The first-order chi connectivity index (χ1) is 7.26. The Morgan fingerprint density at radius 1 is 1.27 bits per heavy atom. The lowest BCUT2D eigenvalue weighted by molar-refractivity contribution is -0.0658. The van der Waals surface area contributed by atoms with Gasteiger partial charge < -0.3 is 10.2 Å². The molecule has 4 bridgehead atoms. The Balaban J connectivity index is 1.86. The van der Waals surface area contributed by atoms with Crippen LogP contribution >= 0.6 is 0 Å². The van der Waals surface area contributed by atoms with Crippen molar-refractivity contribution in [2.24, 2.45) is 23.2 Å². The summed E-state index contributed by atoms with van der Waals surface area (Å²) >= 11 is 0. The second kappa shape index (κ2) is 3.22. The van der Waals surface area contributed by atoms with Crippen molar-refractivity contribution in [1.82, 2.24) is 5.32 Å². The van der Waals surface area contributed by atoms with Gasteiger partial charge in [0.2, 0.25) is 6.54 Å². The van der Waals surface area contributed by atoms with Gasteiger partial charge >= 0.3 is 0 Å². The Bertz CT molecular complexity index is 288. The van der Waals surface area contributed by atoms with Gasteiger partial charge in [0.25, 0.3) is 0 Å². The van der Waals surface area contributed by atoms with E-state index in [-0.39, 0.29) is 0 Å². The molecule has 4 fully saturated rings. The van der Waals surface area contributed by atoms with E-state index in [1.54, 1.807) is 0 Å². The molecular weight excluding hydrogens is 184 g/mol. The summed E-state index contributed by atoms with van der Waals surface area (Å²) in [6.45, 7) is 7.94. The van der Waals surface area contributed by atoms with Gasteiger partial charge in [-0.25, -0.2) is 6.57 Å². The SMILES string of the molecule is [C-]#[N+]CC12CC3CC(C1)C(NC)C(C3)C2. The minimum atomic E-state index is 0.436. The monoisotopic (exact) mass is 204 g/mol. The lowest BCUT2D eigenvalue weighted by atomic mass is 9.48. The van der Waals surface area contributed by atoms with Crippen LogP contribution in [0.1, 0.15) is 32.1 Å². The molecule has 0 amide bonds. The zero-order chi connectivity index (χ0) is 10.5. The van der Waals surface area contributed by atoms with Gasteiger partial charge in [0.1, 0.15) is 0 Å². The van der Waals surface area contributed by atoms with Crippen LogP contribution in [0.25, 0.3) is 4.85 Å². The molecule has 0 saturated heterocycles. The molecule has 4 rings (SSSR count). The number of nitrogens with one attached hydrogen (secondary N) is 1. The second-order valence-electron chi connectivity index (χ2n) is 6.10. The van der Waals surface area contributed by atoms with Gasteiger partial charge in [-0.3, -0.25) is 0 Å². The van der Waals surface area contributed by atoms with Crippen molar-refractivity contribution < 1.29 is 0 Å². The number of hydrogen-bond donors (Lipinski definition) is 1. The van der Waals surface area contributed by atoms with E-state index in [9.17, 15) is 0 Å². The van der Waals surface area contributed by atoms with Crippen molar-refractivity contribution >= 4 is 0 Å². The summed E-state index contributed by atoms with van der Waals surface area (Å²) in [5.74, 6) is 2.71. The van der Waals surface area contributed by atoms with Crippen LogP contribution in [-0.4, -0.2) is 19.6 Å². The standard InChI is InChI=1S/C13H20N2/c1-14-8-13-5-9-3-10(6-13)12(15-2)11(4-9)7-13/h9-12,15H,3-8H2,2H3. The van der Waals surface area contributed by atoms with Crippen LogP contribution in [0.5, 0.6) is 0 Å². The van der Waals surface area contributed by atoms with Crippen LogP contribution in [0.3, 0.4) is 0 Å². The number of rotatable bonds is 2. The van der Waals surface area contributed by atoms with Crippen molar-refractivity contribution in [3.63, 3.8) is 0 Å². The van der Waals surface area contributed by atoms with Gasteiger partial charge in [-0.1, -0.05) is 0 Å². The first kappa shape index (κ1) is 9.66. The molecule has 0 aromatic heterocycles. The first-order valence-electron chi connectivity index (χ1n) is 6.27. The van der Waals surface area contributed by atoms with Gasteiger partial charge in [-0.05, 0) is 56.9 Å². The molecule has 2 nitrogen and oxygen atoms in total. The van der Waals surface area contributed by atoms with Gasteiger partial charge in [0.15, 0.2) is 0 Å². The van der Waals surface area contributed by atoms with Crippen molar-refractivity contribution in [1.29, 1.82) is 0 Å². The lowest BCUT2D eigenvalue weighted by Crippen LogP contribution is -2.58. The van der Waals surface area contributed by atoms with E-state index in [2.05, 4.69) is 17.2 Å². The maximum Gasteiger partial charge on any atom is 0.220 e. The van der Waals surface area contributed by atoms with Crippen molar-refractivity contribution in [2.45, 2.75) is 38.1 Å². The van der Waals surface area contributed by atoms with Crippen LogP contribution < -0.4 is 5.32 Å². The average molecular weight is 204 g/mol. The summed E-state index contributed by atoms with van der Waals surface area (Å²) < 4.78 is 0. The zero-order valence-corrected chi connectivity index (χ0v) is 9.50. The molecular formula is C13H20N2. The maximum atomic E-state index is 7.14. The normalized spacial score (nSPS) is 51.7. The fraction of sp³-hybridized carbons (Fsp3) is 0.923. The molecule has 0 radical (unpaired) electrons. The van der Waals surface area contributed by atoms with E-state index in [4.69, 9.17) is 6.57 Å². The first-order valence-corrected chi connectivity index (χ1v) is 6.27. The molecule has 2 atom stereocenters. The molecule has 0 spiro atoms. The number of nitrogens with zero attached hydrogens (tertiary/aromatic N) is 1. The average Bonchev–Trinajstić information content (AvgIpc) is 2.16. The largest absolute Gasteiger partial charge is 0.316 e. The zero-order valence-electron chi connectivity index (χ0n) is 9.50. The third kappa shape index (κ3) is 1.33. The highest BCUT2D eigenvalue weighted by molar-refractivity contribution is 5.08. The summed E-state index contributed by atoms with van der Waals surface area (Å²) in [5.41, 5.74) is 0.436. The third-order valence-corrected chi connectivity index (χ3v) is 5.15. The van der Waals surface area contributed by atoms with Gasteiger partial charge in [0.05, 0.1) is 0 Å². The summed E-state index contributed by atoms with van der Waals surface area (Å²) in [6, 6.07) is 0.764. The highest BCUT2D eigenvalue weighted by Gasteiger charge is 2.56. The van der Waals surface area contributed by atoms with Gasteiger partial charge in [0, 0.05) is 11.5 Å². The van der Waals surface area contributed by atoms with E-state index in [0.717, 1.165) is 30.3 Å². The molecule has 2 heteroatoms. The molecule has 0 aromatic carbocycles. The fourth-order valence-corrected chi connectivity index (χ4v) is 5.03. The molecule has 2 unspecified atom stereocenters. The Hall–Kier alpha value is -0.550. The second-order valence-corrected chi connectivity index (χ2v) is 6.10. The minimum Gasteiger partial charge on any atom is -0.316 e. The lowest BCUT2D eigenvalue weighted by Gasteiger charge is -2.58. The van der Waals surface area contributed by atoms with E-state index >= 15 is 0 Å². The predicted octanol–water partition coefficient (Wildman–Crippen LogP) is 2.32. The van der Waals surface area contributed by atoms with Crippen molar-refractivity contribution in [2.75, 3.05) is 13.6 Å². The topological polar surface area (TPSA) is 16.4 Å². The summed E-state index contributed by atoms with van der Waals surface area (Å²) in [4.78, 5) is 3.71. The highest BCUT2D eigenvalue weighted by Crippen LogP contribution is 2.59. The number of hydrogen-bond acceptors (Lipinski definition) is 1. The Morgan fingerprint density at radius 3 is 2.47 bits per heavy atom. The van der Waals surface area contributed by atoms with Crippen molar-refractivity contribution in [3.05, 3.63) is 11.4 Å². The molecule has 0 aliphatic heterocycles. The third-order valence-electron chi connectivity index (χ3n) is 5.15. The van der Waals surface area contributed by atoms with E-state index < -0.39 is 0 Å². The van der Waals surface area contributed by atoms with Crippen molar-refractivity contribution in [3.8, 4) is 0 Å². The van der Waals surface area contributed by atoms with E-state index in [0.29, 0.717) is 5.41 Å². The van der Waals surface area contributed by atoms with Gasteiger partial charge in [-0.15, -0.1) is 0 Å². The van der Waals surface area contributed by atoms with Crippen LogP contribution in [-0.2, 0) is 0 Å². The Labute approximate surface area is 92.3 Å². The van der Waals surface area contributed by atoms with Crippen LogP contribution in [0.2, 0.25) is 0 Å². The summed E-state index contributed by atoms with van der Waals surface area (Å²) in [7, 11) is 2.12. The van der Waals surface area contributed by atoms with E-state index in [1.165, 1.54) is 32.1 Å². The van der Waals surface area contributed by atoms with Crippen LogP contribution in [0, 0.1) is 29.7 Å². The molecule has 15 heavy (non-hydrogen) atoms. The summed E-state index contributed by atoms with van der Waals surface area (Å²) in [6.07, 6.45) is 6.88. The molecule has 0 aromatic rings. The molecule has 0 heterocycles. The molecule has 1 N–H and O–H groups in total. The molecule has 4 saturated carbocycles. The highest BCUT2D eigenvalue weighted by atomic mass is 14.9. The molecule has 4 aliphatic carbocycles. The summed E-state index contributed by atoms with van der Waals surface area (Å²) in [5, 5.41) is 3.53. The van der Waals surface area contributed by atoms with Crippen LogP contribution in [0.4, 0.5) is 0 Å². The maximum absolute atomic E-state index is 7.14. The van der Waals surface area contributed by atoms with Gasteiger partial charge in [-0.2, -0.15) is 0 Å².